The van der Waals surface area contributed by atoms with Gasteiger partial charge in [-0.2, -0.15) is 0 Å². The van der Waals surface area contributed by atoms with Crippen LogP contribution in [0.4, 0.5) is 5.69 Å². The molecule has 1 aromatic heterocycles. The van der Waals surface area contributed by atoms with Crippen molar-refractivity contribution in [3.8, 4) is 5.75 Å². The number of methoxy groups -OCH3 is 1. The lowest BCUT2D eigenvalue weighted by atomic mass is 9.94. The fourth-order valence-electron chi connectivity index (χ4n) is 3.38. The third-order valence-electron chi connectivity index (χ3n) is 4.82. The molecule has 2 aromatic rings. The highest BCUT2D eigenvalue weighted by molar-refractivity contribution is 7.92. The van der Waals surface area contributed by atoms with Crippen LogP contribution < -0.4 is 9.64 Å². The second-order valence-corrected chi connectivity index (χ2v) is 9.31. The molecule has 0 atom stereocenters. The van der Waals surface area contributed by atoms with Gasteiger partial charge in [0.15, 0.2) is 0 Å². The minimum Gasteiger partial charge on any atom is -0.497 e. The highest BCUT2D eigenvalue weighted by atomic mass is 32.2. The standard InChI is InChI=1S/C18H26N4OS/c1-23-15-3-4-16-17(13-15)21-9-5-18(16)22-10-6-14(7-11-22)8-12-24(2,19)20/h3-5,9,13-14,19-20H,6-8,10-12H2,1-2H3. The molecule has 0 unspecified atom stereocenters. The Morgan fingerprint density at radius 3 is 2.67 bits per heavy atom. The number of nitrogens with zero attached hydrogens (tertiary/aromatic N) is 2. The zero-order chi connectivity index (χ0) is 17.2. The first kappa shape index (κ1) is 17.0. The van der Waals surface area contributed by atoms with Gasteiger partial charge in [0, 0.05) is 48.4 Å². The molecule has 1 aliphatic rings. The smallest absolute Gasteiger partial charge is 0.121 e. The molecule has 0 saturated carbocycles. The quantitative estimate of drug-likeness (QED) is 0.854. The molecule has 0 aliphatic carbocycles. The van der Waals surface area contributed by atoms with Crippen molar-refractivity contribution in [2.24, 2.45) is 5.92 Å². The van der Waals surface area contributed by atoms with Gasteiger partial charge in [0.1, 0.15) is 5.75 Å². The summed E-state index contributed by atoms with van der Waals surface area (Å²) >= 11 is 0. The summed E-state index contributed by atoms with van der Waals surface area (Å²) in [7, 11) is -0.182. The Balaban J connectivity index is 1.71. The van der Waals surface area contributed by atoms with Gasteiger partial charge in [0.05, 0.1) is 12.6 Å². The fraction of sp³-hybridized carbons (Fsp3) is 0.500. The van der Waals surface area contributed by atoms with Crippen LogP contribution in [0.2, 0.25) is 0 Å². The molecule has 1 aromatic carbocycles. The van der Waals surface area contributed by atoms with Gasteiger partial charge in [-0.05, 0) is 43.4 Å². The van der Waals surface area contributed by atoms with Crippen molar-refractivity contribution in [1.29, 1.82) is 9.56 Å². The van der Waals surface area contributed by atoms with Crippen LogP contribution in [-0.4, -0.2) is 37.2 Å². The summed E-state index contributed by atoms with van der Waals surface area (Å²) < 4.78 is 20.8. The molecule has 0 spiro atoms. The predicted molar refractivity (Wildman–Crippen MR) is 101 cm³/mol. The van der Waals surface area contributed by atoms with Crippen molar-refractivity contribution in [1.82, 2.24) is 4.98 Å². The first-order valence-electron chi connectivity index (χ1n) is 8.39. The number of pyridine rings is 1. The van der Waals surface area contributed by atoms with E-state index in [0.29, 0.717) is 5.92 Å². The van der Waals surface area contributed by atoms with Crippen LogP contribution in [0.5, 0.6) is 5.75 Å². The maximum Gasteiger partial charge on any atom is 0.121 e. The van der Waals surface area contributed by atoms with Crippen LogP contribution in [0.25, 0.3) is 10.9 Å². The van der Waals surface area contributed by atoms with E-state index < -0.39 is 9.62 Å². The molecule has 6 heteroatoms. The van der Waals surface area contributed by atoms with Gasteiger partial charge >= 0.3 is 0 Å². The van der Waals surface area contributed by atoms with Crippen molar-refractivity contribution >= 4 is 26.2 Å². The predicted octanol–water partition coefficient (Wildman–Crippen LogP) is 4.16. The van der Waals surface area contributed by atoms with Gasteiger partial charge in [-0.3, -0.25) is 14.5 Å². The number of nitrogens with one attached hydrogen (secondary N) is 2. The van der Waals surface area contributed by atoms with Crippen molar-refractivity contribution in [3.05, 3.63) is 30.5 Å². The molecule has 24 heavy (non-hydrogen) atoms. The Hall–Kier alpha value is -1.82. The molecule has 5 nitrogen and oxygen atoms in total. The van der Waals surface area contributed by atoms with E-state index in [1.54, 1.807) is 13.4 Å². The Labute approximate surface area is 144 Å². The van der Waals surface area contributed by atoms with E-state index in [1.807, 2.05) is 18.3 Å². The number of ether oxygens (including phenoxy) is 1. The van der Waals surface area contributed by atoms with Crippen LogP contribution in [0.15, 0.2) is 30.5 Å². The summed E-state index contributed by atoms with van der Waals surface area (Å²) in [4.78, 5) is 6.92. The normalized spacial score (nSPS) is 16.5. The molecule has 2 heterocycles. The van der Waals surface area contributed by atoms with Crippen molar-refractivity contribution in [3.63, 3.8) is 0 Å². The maximum atomic E-state index is 7.77. The second kappa shape index (κ2) is 6.97. The summed E-state index contributed by atoms with van der Waals surface area (Å²) in [6.45, 7) is 2.08. The lowest BCUT2D eigenvalue weighted by Crippen LogP contribution is -2.34. The van der Waals surface area contributed by atoms with E-state index >= 15 is 0 Å². The number of rotatable bonds is 5. The molecular formula is C18H26N4OS. The number of hydrogen-bond donors (Lipinski definition) is 2. The number of aromatic nitrogens is 1. The van der Waals surface area contributed by atoms with E-state index in [0.717, 1.165) is 49.4 Å². The maximum absolute atomic E-state index is 7.77. The Kier molecular flexibility index (Phi) is 4.94. The average molecular weight is 347 g/mol. The van der Waals surface area contributed by atoms with E-state index in [2.05, 4.69) is 22.0 Å². The molecular weight excluding hydrogens is 320 g/mol. The largest absolute Gasteiger partial charge is 0.497 e. The van der Waals surface area contributed by atoms with Crippen LogP contribution >= 0.6 is 0 Å². The van der Waals surface area contributed by atoms with Gasteiger partial charge in [-0.25, -0.2) is 0 Å². The van der Waals surface area contributed by atoms with Gasteiger partial charge in [-0.1, -0.05) is 9.62 Å². The molecule has 1 aliphatic heterocycles. The Morgan fingerprint density at radius 2 is 2.00 bits per heavy atom. The van der Waals surface area contributed by atoms with E-state index in [1.165, 1.54) is 11.1 Å². The molecule has 1 fully saturated rings. The first-order chi connectivity index (χ1) is 11.5. The molecule has 3 rings (SSSR count). The zero-order valence-corrected chi connectivity index (χ0v) is 15.2. The highest BCUT2D eigenvalue weighted by Gasteiger charge is 2.21. The van der Waals surface area contributed by atoms with E-state index in [9.17, 15) is 0 Å². The summed E-state index contributed by atoms with van der Waals surface area (Å²) in [6, 6.07) is 8.17. The Morgan fingerprint density at radius 1 is 1.25 bits per heavy atom. The number of piperidine rings is 1. The van der Waals surface area contributed by atoms with E-state index in [-0.39, 0.29) is 0 Å². The van der Waals surface area contributed by atoms with E-state index in [4.69, 9.17) is 14.3 Å². The highest BCUT2D eigenvalue weighted by Crippen LogP contribution is 2.31. The molecule has 0 radical (unpaired) electrons. The Bertz CT molecular complexity index is 811. The molecule has 0 amide bonds. The van der Waals surface area contributed by atoms with Crippen LogP contribution in [0, 0.1) is 15.5 Å². The summed E-state index contributed by atoms with van der Waals surface area (Å²) in [5, 5.41) is 1.17. The minimum atomic E-state index is -1.86. The molecule has 130 valence electrons. The molecule has 0 bridgehead atoms. The van der Waals surface area contributed by atoms with Crippen molar-refractivity contribution in [2.75, 3.05) is 37.1 Å². The SMILES string of the molecule is COc1ccc2c(N3CCC(CCS(C)(=N)=N)CC3)ccnc2c1. The van der Waals surface area contributed by atoms with Crippen LogP contribution in [0.3, 0.4) is 0 Å². The van der Waals surface area contributed by atoms with Crippen molar-refractivity contribution in [2.45, 2.75) is 19.3 Å². The fourth-order valence-corrected chi connectivity index (χ4v) is 4.19. The van der Waals surface area contributed by atoms with Gasteiger partial charge in [-0.15, -0.1) is 0 Å². The lowest BCUT2D eigenvalue weighted by Gasteiger charge is -2.34. The van der Waals surface area contributed by atoms with Crippen molar-refractivity contribution < 1.29 is 4.74 Å². The van der Waals surface area contributed by atoms with Gasteiger partial charge < -0.3 is 9.64 Å². The third kappa shape index (κ3) is 3.98. The van der Waals surface area contributed by atoms with Gasteiger partial charge in [0.2, 0.25) is 0 Å². The first-order valence-corrected chi connectivity index (χ1v) is 10.6. The zero-order valence-electron chi connectivity index (χ0n) is 14.4. The minimum absolute atomic E-state index is 0.664. The number of benzene rings is 1. The second-order valence-electron chi connectivity index (χ2n) is 6.72. The number of anilines is 1. The monoisotopic (exact) mass is 346 g/mol. The molecule has 2 N–H and O–H groups in total. The molecule has 1 saturated heterocycles. The number of fused-ring (bicyclic) bond motifs is 1. The summed E-state index contributed by atoms with van der Waals surface area (Å²) in [5.74, 6) is 2.24. The summed E-state index contributed by atoms with van der Waals surface area (Å²) in [6.07, 6.45) is 6.96. The van der Waals surface area contributed by atoms with Gasteiger partial charge in [0.25, 0.3) is 0 Å². The number of hydrogen-bond acceptors (Lipinski definition) is 5. The lowest BCUT2D eigenvalue weighted by molar-refractivity contribution is 0.397. The van der Waals surface area contributed by atoms with Crippen LogP contribution in [0.1, 0.15) is 19.3 Å². The third-order valence-corrected chi connectivity index (χ3v) is 5.87. The summed E-state index contributed by atoms with van der Waals surface area (Å²) in [5.41, 5.74) is 2.22. The topological polar surface area (TPSA) is 73.1 Å². The average Bonchev–Trinajstić information content (AvgIpc) is 2.59. The van der Waals surface area contributed by atoms with Crippen LogP contribution in [-0.2, 0) is 9.62 Å².